The van der Waals surface area contributed by atoms with E-state index in [-0.39, 0.29) is 5.54 Å². The second-order valence-electron chi connectivity index (χ2n) is 6.34. The standard InChI is InChI=1S/C17H25N3/c1-14-7-9-15(10-8-14)20-16(18)19-13-17(20)11-5-3-2-4-6-12-17/h7-10H,2-6,11-13H2,1H3,(H2,18,19). The molecule has 0 atom stereocenters. The van der Waals surface area contributed by atoms with Crippen molar-refractivity contribution in [1.29, 1.82) is 0 Å². The van der Waals surface area contributed by atoms with Crippen LogP contribution in [0.15, 0.2) is 29.3 Å². The van der Waals surface area contributed by atoms with Crippen LogP contribution in [-0.4, -0.2) is 18.0 Å². The van der Waals surface area contributed by atoms with Gasteiger partial charge in [0.1, 0.15) is 0 Å². The molecule has 1 saturated carbocycles. The van der Waals surface area contributed by atoms with Gasteiger partial charge in [0, 0.05) is 5.69 Å². The van der Waals surface area contributed by atoms with Crippen LogP contribution in [-0.2, 0) is 0 Å². The predicted molar refractivity (Wildman–Crippen MR) is 85.2 cm³/mol. The normalized spacial score (nSPS) is 22.4. The molecule has 2 N–H and O–H groups in total. The Bertz CT molecular complexity index is 481. The van der Waals surface area contributed by atoms with Gasteiger partial charge in [-0.1, -0.05) is 49.8 Å². The van der Waals surface area contributed by atoms with Gasteiger partial charge in [0.05, 0.1) is 12.1 Å². The molecule has 1 aliphatic heterocycles. The zero-order valence-corrected chi connectivity index (χ0v) is 12.4. The van der Waals surface area contributed by atoms with Crippen LogP contribution in [0, 0.1) is 6.92 Å². The quantitative estimate of drug-likeness (QED) is 0.847. The Morgan fingerprint density at radius 2 is 1.60 bits per heavy atom. The zero-order valence-electron chi connectivity index (χ0n) is 12.4. The SMILES string of the molecule is Cc1ccc(N2C(N)=NCC23CCCCCCC3)cc1. The van der Waals surface area contributed by atoms with Crippen LogP contribution < -0.4 is 10.6 Å². The highest BCUT2D eigenvalue weighted by Crippen LogP contribution is 2.38. The van der Waals surface area contributed by atoms with E-state index in [2.05, 4.69) is 41.1 Å². The first kappa shape index (κ1) is 13.5. The highest BCUT2D eigenvalue weighted by molar-refractivity contribution is 5.98. The summed E-state index contributed by atoms with van der Waals surface area (Å²) < 4.78 is 0. The molecular weight excluding hydrogens is 246 g/mol. The van der Waals surface area contributed by atoms with E-state index in [0.717, 1.165) is 6.54 Å². The molecule has 3 nitrogen and oxygen atoms in total. The molecule has 0 saturated heterocycles. The molecule has 1 fully saturated rings. The Labute approximate surface area is 121 Å². The Morgan fingerprint density at radius 3 is 2.25 bits per heavy atom. The number of hydrogen-bond donors (Lipinski definition) is 1. The number of nitrogens with two attached hydrogens (primary N) is 1. The van der Waals surface area contributed by atoms with Gasteiger partial charge in [-0.15, -0.1) is 0 Å². The van der Waals surface area contributed by atoms with E-state index in [1.165, 1.54) is 56.2 Å². The zero-order chi connectivity index (χ0) is 14.0. The molecule has 1 aromatic carbocycles. The summed E-state index contributed by atoms with van der Waals surface area (Å²) >= 11 is 0. The van der Waals surface area contributed by atoms with Crippen molar-refractivity contribution in [3.05, 3.63) is 29.8 Å². The van der Waals surface area contributed by atoms with E-state index in [0.29, 0.717) is 5.96 Å². The van der Waals surface area contributed by atoms with Crippen LogP contribution in [0.25, 0.3) is 0 Å². The summed E-state index contributed by atoms with van der Waals surface area (Å²) in [5.41, 5.74) is 8.85. The van der Waals surface area contributed by atoms with Crippen molar-refractivity contribution in [1.82, 2.24) is 0 Å². The minimum atomic E-state index is 0.139. The Morgan fingerprint density at radius 1 is 1.00 bits per heavy atom. The molecule has 1 spiro atoms. The second-order valence-corrected chi connectivity index (χ2v) is 6.34. The molecular formula is C17H25N3. The maximum atomic E-state index is 6.22. The van der Waals surface area contributed by atoms with Gasteiger partial charge >= 0.3 is 0 Å². The van der Waals surface area contributed by atoms with Crippen LogP contribution in [0.5, 0.6) is 0 Å². The fourth-order valence-electron chi connectivity index (χ4n) is 3.66. The number of aliphatic imine (C=N–C) groups is 1. The molecule has 0 amide bonds. The largest absolute Gasteiger partial charge is 0.369 e. The topological polar surface area (TPSA) is 41.6 Å². The van der Waals surface area contributed by atoms with Gasteiger partial charge < -0.3 is 10.6 Å². The molecule has 0 aromatic heterocycles. The third kappa shape index (κ3) is 2.41. The molecule has 1 aliphatic carbocycles. The van der Waals surface area contributed by atoms with Crippen LogP contribution in [0.4, 0.5) is 5.69 Å². The molecule has 0 unspecified atom stereocenters. The Balaban J connectivity index is 1.91. The minimum absolute atomic E-state index is 0.139. The van der Waals surface area contributed by atoms with Crippen LogP contribution in [0.3, 0.4) is 0 Å². The molecule has 3 heteroatoms. The fraction of sp³-hybridized carbons (Fsp3) is 0.588. The number of anilines is 1. The van der Waals surface area contributed by atoms with Gasteiger partial charge in [-0.05, 0) is 31.9 Å². The second kappa shape index (κ2) is 5.47. The molecule has 1 heterocycles. The summed E-state index contributed by atoms with van der Waals surface area (Å²) in [6, 6.07) is 8.70. The third-order valence-electron chi connectivity index (χ3n) is 4.82. The molecule has 1 aromatic rings. The number of nitrogens with zero attached hydrogens (tertiary/aromatic N) is 2. The summed E-state index contributed by atoms with van der Waals surface area (Å²) in [6.07, 6.45) is 9.11. The third-order valence-corrected chi connectivity index (χ3v) is 4.82. The van der Waals surface area contributed by atoms with Gasteiger partial charge in [0.2, 0.25) is 0 Å². The molecule has 2 aliphatic rings. The van der Waals surface area contributed by atoms with E-state index in [9.17, 15) is 0 Å². The first-order chi connectivity index (χ1) is 9.71. The van der Waals surface area contributed by atoms with Gasteiger partial charge in [-0.25, -0.2) is 0 Å². The lowest BCUT2D eigenvalue weighted by Crippen LogP contribution is -2.52. The van der Waals surface area contributed by atoms with E-state index in [1.807, 2.05) is 0 Å². The Kier molecular flexibility index (Phi) is 3.68. The molecule has 0 bridgehead atoms. The van der Waals surface area contributed by atoms with Crippen molar-refractivity contribution >= 4 is 11.6 Å². The predicted octanol–water partition coefficient (Wildman–Crippen LogP) is 3.61. The van der Waals surface area contributed by atoms with E-state index < -0.39 is 0 Å². The molecule has 3 rings (SSSR count). The van der Waals surface area contributed by atoms with E-state index in [1.54, 1.807) is 0 Å². The van der Waals surface area contributed by atoms with Crippen molar-refractivity contribution in [2.24, 2.45) is 10.7 Å². The van der Waals surface area contributed by atoms with E-state index in [4.69, 9.17) is 5.73 Å². The van der Waals surface area contributed by atoms with Crippen molar-refractivity contribution in [3.63, 3.8) is 0 Å². The van der Waals surface area contributed by atoms with E-state index >= 15 is 0 Å². The number of hydrogen-bond acceptors (Lipinski definition) is 3. The van der Waals surface area contributed by atoms with Crippen molar-refractivity contribution in [2.75, 3.05) is 11.4 Å². The fourth-order valence-corrected chi connectivity index (χ4v) is 3.66. The average molecular weight is 271 g/mol. The van der Waals surface area contributed by atoms with Crippen LogP contribution in [0.2, 0.25) is 0 Å². The maximum absolute atomic E-state index is 6.22. The summed E-state index contributed by atoms with van der Waals surface area (Å²) in [4.78, 5) is 6.90. The average Bonchev–Trinajstić information content (AvgIpc) is 2.74. The minimum Gasteiger partial charge on any atom is -0.369 e. The smallest absolute Gasteiger partial charge is 0.196 e. The summed E-state index contributed by atoms with van der Waals surface area (Å²) in [5.74, 6) is 0.703. The van der Waals surface area contributed by atoms with Crippen LogP contribution >= 0.6 is 0 Å². The van der Waals surface area contributed by atoms with Gasteiger partial charge in [0.15, 0.2) is 5.96 Å². The number of benzene rings is 1. The highest BCUT2D eigenvalue weighted by Gasteiger charge is 2.42. The summed E-state index contributed by atoms with van der Waals surface area (Å²) in [5, 5.41) is 0. The first-order valence-corrected chi connectivity index (χ1v) is 7.88. The monoisotopic (exact) mass is 271 g/mol. The van der Waals surface area contributed by atoms with Crippen LogP contribution in [0.1, 0.15) is 50.5 Å². The molecule has 20 heavy (non-hydrogen) atoms. The number of aryl methyl sites for hydroxylation is 1. The lowest BCUT2D eigenvalue weighted by Gasteiger charge is -2.40. The summed E-state index contributed by atoms with van der Waals surface area (Å²) in [7, 11) is 0. The van der Waals surface area contributed by atoms with Crippen molar-refractivity contribution < 1.29 is 0 Å². The van der Waals surface area contributed by atoms with Gasteiger partial charge in [0.25, 0.3) is 0 Å². The van der Waals surface area contributed by atoms with Gasteiger partial charge in [-0.3, -0.25) is 4.99 Å². The van der Waals surface area contributed by atoms with Gasteiger partial charge in [-0.2, -0.15) is 0 Å². The maximum Gasteiger partial charge on any atom is 0.196 e. The van der Waals surface area contributed by atoms with Crippen molar-refractivity contribution in [3.8, 4) is 0 Å². The number of guanidine groups is 1. The lowest BCUT2D eigenvalue weighted by molar-refractivity contribution is 0.337. The lowest BCUT2D eigenvalue weighted by atomic mass is 9.83. The molecule has 0 radical (unpaired) electrons. The molecule has 108 valence electrons. The first-order valence-electron chi connectivity index (χ1n) is 7.88. The Hall–Kier alpha value is -1.51. The van der Waals surface area contributed by atoms with Crippen molar-refractivity contribution in [2.45, 2.75) is 57.4 Å². The number of rotatable bonds is 1. The summed E-state index contributed by atoms with van der Waals surface area (Å²) in [6.45, 7) is 2.99. The highest BCUT2D eigenvalue weighted by atomic mass is 15.4.